The molecule has 116 valence electrons. The van der Waals surface area contributed by atoms with E-state index in [0.29, 0.717) is 13.2 Å². The van der Waals surface area contributed by atoms with E-state index in [2.05, 4.69) is 0 Å². The first-order chi connectivity index (χ1) is 10.7. The number of rotatable bonds is 4. The van der Waals surface area contributed by atoms with Crippen molar-refractivity contribution in [2.75, 3.05) is 13.2 Å². The van der Waals surface area contributed by atoms with E-state index in [9.17, 15) is 9.59 Å². The first kappa shape index (κ1) is 14.6. The zero-order valence-corrected chi connectivity index (χ0v) is 12.5. The Kier molecular flexibility index (Phi) is 4.13. The number of benzene rings is 1. The van der Waals surface area contributed by atoms with Crippen molar-refractivity contribution in [3.05, 3.63) is 48.0 Å². The fraction of sp³-hybridized carbons (Fsp3) is 0.412. The Morgan fingerprint density at radius 1 is 1.23 bits per heavy atom. The van der Waals surface area contributed by atoms with Gasteiger partial charge in [0.2, 0.25) is 0 Å². The topological polar surface area (TPSA) is 55.8 Å². The summed E-state index contributed by atoms with van der Waals surface area (Å²) < 4.78 is 10.4. The SMILES string of the molecule is CCOC(=O)[C@@H]1[C@H]2C=CCN(C(=O)OCc3ccccc3)[C@H]21. The van der Waals surface area contributed by atoms with Crippen molar-refractivity contribution in [2.45, 2.75) is 19.6 Å². The molecule has 0 saturated heterocycles. The van der Waals surface area contributed by atoms with E-state index in [1.807, 2.05) is 42.5 Å². The van der Waals surface area contributed by atoms with E-state index in [1.165, 1.54) is 0 Å². The minimum absolute atomic E-state index is 0.0667. The highest BCUT2D eigenvalue weighted by Crippen LogP contribution is 2.47. The van der Waals surface area contributed by atoms with Gasteiger partial charge in [-0.05, 0) is 12.5 Å². The molecule has 1 aliphatic heterocycles. The van der Waals surface area contributed by atoms with Gasteiger partial charge in [0.15, 0.2) is 0 Å². The third kappa shape index (κ3) is 2.84. The molecule has 3 rings (SSSR count). The Morgan fingerprint density at radius 3 is 2.73 bits per heavy atom. The van der Waals surface area contributed by atoms with Crippen LogP contribution in [0.1, 0.15) is 12.5 Å². The lowest BCUT2D eigenvalue weighted by Gasteiger charge is -2.23. The summed E-state index contributed by atoms with van der Waals surface area (Å²) in [6, 6.07) is 9.42. The molecule has 1 amide bonds. The van der Waals surface area contributed by atoms with Gasteiger partial charge in [0.05, 0.1) is 18.6 Å². The average Bonchev–Trinajstić information content (AvgIpc) is 3.28. The second kappa shape index (κ2) is 6.22. The molecule has 0 aromatic heterocycles. The Hall–Kier alpha value is -2.30. The maximum atomic E-state index is 12.3. The van der Waals surface area contributed by atoms with E-state index in [-0.39, 0.29) is 36.5 Å². The van der Waals surface area contributed by atoms with Gasteiger partial charge in [-0.25, -0.2) is 4.79 Å². The van der Waals surface area contributed by atoms with Gasteiger partial charge < -0.3 is 9.47 Å². The first-order valence-corrected chi connectivity index (χ1v) is 7.53. The number of amides is 1. The highest BCUT2D eigenvalue weighted by molar-refractivity contribution is 5.81. The molecule has 5 nitrogen and oxygen atoms in total. The summed E-state index contributed by atoms with van der Waals surface area (Å²) in [5.74, 6) is -0.412. The van der Waals surface area contributed by atoms with Crippen LogP contribution in [0.5, 0.6) is 0 Å². The van der Waals surface area contributed by atoms with Gasteiger partial charge in [-0.2, -0.15) is 0 Å². The van der Waals surface area contributed by atoms with Crippen LogP contribution in [0.25, 0.3) is 0 Å². The Morgan fingerprint density at radius 2 is 2.00 bits per heavy atom. The predicted octanol–water partition coefficient (Wildman–Crippen LogP) is 2.37. The number of hydrogen-bond donors (Lipinski definition) is 0. The molecule has 2 aliphatic rings. The lowest BCUT2D eigenvalue weighted by atomic mass is 10.2. The molecule has 0 bridgehead atoms. The fourth-order valence-corrected chi connectivity index (χ4v) is 2.94. The number of ether oxygens (including phenoxy) is 2. The van der Waals surface area contributed by atoms with Crippen LogP contribution in [0.2, 0.25) is 0 Å². The van der Waals surface area contributed by atoms with E-state index in [1.54, 1.807) is 11.8 Å². The van der Waals surface area contributed by atoms with Gasteiger partial charge in [0, 0.05) is 12.5 Å². The summed E-state index contributed by atoms with van der Waals surface area (Å²) in [5.41, 5.74) is 0.942. The van der Waals surface area contributed by atoms with Crippen molar-refractivity contribution in [1.82, 2.24) is 4.90 Å². The van der Waals surface area contributed by atoms with Crippen LogP contribution in [-0.4, -0.2) is 36.2 Å². The third-order valence-electron chi connectivity index (χ3n) is 4.05. The summed E-state index contributed by atoms with van der Waals surface area (Å²) in [6.07, 6.45) is 3.52. The van der Waals surface area contributed by atoms with E-state index in [4.69, 9.17) is 9.47 Å². The highest BCUT2D eigenvalue weighted by atomic mass is 16.6. The van der Waals surface area contributed by atoms with Gasteiger partial charge in [-0.1, -0.05) is 42.5 Å². The minimum Gasteiger partial charge on any atom is -0.466 e. The predicted molar refractivity (Wildman–Crippen MR) is 79.9 cm³/mol. The average molecular weight is 301 g/mol. The van der Waals surface area contributed by atoms with Crippen LogP contribution in [0.15, 0.2) is 42.5 Å². The molecular weight excluding hydrogens is 282 g/mol. The number of carbonyl (C=O) groups excluding carboxylic acids is 2. The summed E-state index contributed by atoms with van der Waals surface area (Å²) in [4.78, 5) is 25.8. The Bertz CT molecular complexity index is 584. The molecule has 5 heteroatoms. The molecular formula is C17H19NO4. The van der Waals surface area contributed by atoms with Crippen LogP contribution in [-0.2, 0) is 20.9 Å². The van der Waals surface area contributed by atoms with E-state index < -0.39 is 0 Å². The molecule has 0 N–H and O–H groups in total. The zero-order chi connectivity index (χ0) is 15.5. The quantitative estimate of drug-likeness (QED) is 0.633. The van der Waals surface area contributed by atoms with Gasteiger partial charge >= 0.3 is 12.1 Å². The molecule has 1 saturated carbocycles. The largest absolute Gasteiger partial charge is 0.466 e. The third-order valence-corrected chi connectivity index (χ3v) is 4.05. The van der Waals surface area contributed by atoms with Crippen LogP contribution in [0.4, 0.5) is 4.79 Å². The van der Waals surface area contributed by atoms with Crippen molar-refractivity contribution in [3.8, 4) is 0 Å². The summed E-state index contributed by atoms with van der Waals surface area (Å²) in [7, 11) is 0. The van der Waals surface area contributed by atoms with Crippen molar-refractivity contribution in [2.24, 2.45) is 11.8 Å². The normalized spacial score (nSPS) is 25.3. The number of esters is 1. The highest BCUT2D eigenvalue weighted by Gasteiger charge is 2.60. The Labute approximate surface area is 129 Å². The van der Waals surface area contributed by atoms with Gasteiger partial charge in [0.1, 0.15) is 6.61 Å². The smallest absolute Gasteiger partial charge is 0.410 e. The first-order valence-electron chi connectivity index (χ1n) is 7.53. The number of fused-ring (bicyclic) bond motifs is 1. The van der Waals surface area contributed by atoms with Crippen molar-refractivity contribution in [1.29, 1.82) is 0 Å². The lowest BCUT2D eigenvalue weighted by molar-refractivity contribution is -0.145. The maximum Gasteiger partial charge on any atom is 0.410 e. The van der Waals surface area contributed by atoms with Gasteiger partial charge in [-0.15, -0.1) is 0 Å². The van der Waals surface area contributed by atoms with Crippen LogP contribution < -0.4 is 0 Å². The minimum atomic E-state index is -0.380. The van der Waals surface area contributed by atoms with E-state index >= 15 is 0 Å². The van der Waals surface area contributed by atoms with E-state index in [0.717, 1.165) is 5.56 Å². The van der Waals surface area contributed by atoms with Crippen molar-refractivity contribution < 1.29 is 19.1 Å². The Balaban J connectivity index is 1.59. The van der Waals surface area contributed by atoms with Crippen molar-refractivity contribution >= 4 is 12.1 Å². The summed E-state index contributed by atoms with van der Waals surface area (Å²) in [6.45, 7) is 2.86. The maximum absolute atomic E-state index is 12.3. The molecule has 1 aromatic rings. The molecule has 0 radical (unpaired) electrons. The molecule has 0 unspecified atom stereocenters. The molecule has 1 fully saturated rings. The van der Waals surface area contributed by atoms with Gasteiger partial charge in [-0.3, -0.25) is 9.69 Å². The van der Waals surface area contributed by atoms with Crippen molar-refractivity contribution in [3.63, 3.8) is 0 Å². The monoisotopic (exact) mass is 301 g/mol. The lowest BCUT2D eigenvalue weighted by Crippen LogP contribution is -2.37. The molecule has 1 aliphatic carbocycles. The standard InChI is InChI=1S/C17H19NO4/c1-2-21-16(19)14-13-9-6-10-18(15(13)14)17(20)22-11-12-7-4-3-5-8-12/h3-9,13-15H,2,10-11H2,1H3/t13-,14-,15-/m1/s1. The van der Waals surface area contributed by atoms with Gasteiger partial charge in [0.25, 0.3) is 0 Å². The zero-order valence-electron chi connectivity index (χ0n) is 12.5. The summed E-state index contributed by atoms with van der Waals surface area (Å²) >= 11 is 0. The van der Waals surface area contributed by atoms with Crippen LogP contribution in [0, 0.1) is 11.8 Å². The van der Waals surface area contributed by atoms with Crippen LogP contribution >= 0.6 is 0 Å². The molecule has 3 atom stereocenters. The number of carbonyl (C=O) groups is 2. The summed E-state index contributed by atoms with van der Waals surface area (Å²) in [5, 5.41) is 0. The number of nitrogens with zero attached hydrogens (tertiary/aromatic N) is 1. The number of hydrogen-bond acceptors (Lipinski definition) is 4. The fourth-order valence-electron chi connectivity index (χ4n) is 2.94. The molecule has 0 spiro atoms. The second-order valence-corrected chi connectivity index (χ2v) is 5.47. The molecule has 1 heterocycles. The molecule has 1 aromatic carbocycles. The second-order valence-electron chi connectivity index (χ2n) is 5.47. The van der Waals surface area contributed by atoms with Crippen LogP contribution in [0.3, 0.4) is 0 Å². The molecule has 22 heavy (non-hydrogen) atoms.